The van der Waals surface area contributed by atoms with E-state index in [1.54, 1.807) is 13.0 Å². The average molecular weight is 294 g/mol. The summed E-state index contributed by atoms with van der Waals surface area (Å²) < 4.78 is 18.1. The summed E-state index contributed by atoms with van der Waals surface area (Å²) in [4.78, 5) is 14.9. The first-order valence-electron chi connectivity index (χ1n) is 6.75. The third-order valence-corrected chi connectivity index (χ3v) is 3.28. The Morgan fingerprint density at radius 3 is 2.95 bits per heavy atom. The number of carbonyl (C=O) groups is 1. The predicted octanol–water partition coefficient (Wildman–Crippen LogP) is 1.74. The molecule has 1 aromatic carbocycles. The molecule has 3 N–H and O–H groups in total. The third-order valence-electron chi connectivity index (χ3n) is 3.28. The van der Waals surface area contributed by atoms with E-state index in [0.29, 0.717) is 24.2 Å². The first kappa shape index (κ1) is 15.5. The van der Waals surface area contributed by atoms with Gasteiger partial charge in [-0.2, -0.15) is 0 Å². The van der Waals surface area contributed by atoms with Crippen LogP contribution >= 0.6 is 0 Å². The van der Waals surface area contributed by atoms with Crippen LogP contribution < -0.4 is 5.32 Å². The number of aliphatic hydroxyl groups excluding tert-OH is 1. The summed E-state index contributed by atoms with van der Waals surface area (Å²) in [6, 6.07) is 4.49. The van der Waals surface area contributed by atoms with Gasteiger partial charge >= 0.3 is 0 Å². The van der Waals surface area contributed by atoms with Crippen molar-refractivity contribution in [3.8, 4) is 0 Å². The second-order valence-corrected chi connectivity index (χ2v) is 5.02. The lowest BCUT2D eigenvalue weighted by molar-refractivity contribution is 0.0587. The van der Waals surface area contributed by atoms with Gasteiger partial charge in [-0.05, 0) is 37.1 Å². The molecular formula is C15H19FN2O3. The van der Waals surface area contributed by atoms with Crippen LogP contribution in [0.25, 0.3) is 10.9 Å². The Bertz CT molecular complexity index is 639. The van der Waals surface area contributed by atoms with E-state index in [-0.39, 0.29) is 18.3 Å². The topological polar surface area (TPSA) is 74.3 Å². The number of hydrogen-bond donors (Lipinski definition) is 3. The number of aromatic nitrogens is 1. The Labute approximate surface area is 122 Å². The van der Waals surface area contributed by atoms with Gasteiger partial charge in [0.05, 0.1) is 12.7 Å². The van der Waals surface area contributed by atoms with Crippen molar-refractivity contribution in [2.75, 3.05) is 20.3 Å². The number of nitrogens with one attached hydrogen (secondary N) is 2. The number of hydrogen-bond acceptors (Lipinski definition) is 3. The molecule has 0 bridgehead atoms. The summed E-state index contributed by atoms with van der Waals surface area (Å²) in [7, 11) is 1.51. The highest BCUT2D eigenvalue weighted by Gasteiger charge is 2.12. The van der Waals surface area contributed by atoms with Crippen molar-refractivity contribution in [3.63, 3.8) is 0 Å². The minimum Gasteiger partial charge on any atom is -0.391 e. The summed E-state index contributed by atoms with van der Waals surface area (Å²) in [6.07, 6.45) is -0.192. The number of rotatable bonds is 6. The summed E-state index contributed by atoms with van der Waals surface area (Å²) >= 11 is 0. The van der Waals surface area contributed by atoms with Gasteiger partial charge < -0.3 is 20.1 Å². The normalized spacial score (nSPS) is 12.6. The number of fused-ring (bicyclic) bond motifs is 1. The van der Waals surface area contributed by atoms with E-state index in [1.165, 1.54) is 19.2 Å². The maximum absolute atomic E-state index is 13.3. The number of amides is 1. The molecule has 0 aliphatic heterocycles. The van der Waals surface area contributed by atoms with Crippen LogP contribution in [0.5, 0.6) is 0 Å². The molecule has 0 aliphatic rings. The van der Waals surface area contributed by atoms with Crippen LogP contribution in [-0.4, -0.2) is 42.4 Å². The van der Waals surface area contributed by atoms with E-state index in [4.69, 9.17) is 4.74 Å². The lowest BCUT2D eigenvalue weighted by Gasteiger charge is -2.09. The maximum atomic E-state index is 13.3. The second kappa shape index (κ2) is 6.69. The highest BCUT2D eigenvalue weighted by atomic mass is 19.1. The standard InChI is InChI=1S/C15H19FN2O3/c1-9-5-10(16)6-13-12(9)7-14(18-13)15(20)17-4-3-11(19)8-21-2/h5-7,11,18-19H,3-4,8H2,1-2H3,(H,17,20). The number of methoxy groups -OCH3 is 1. The van der Waals surface area contributed by atoms with E-state index >= 15 is 0 Å². The van der Waals surface area contributed by atoms with Crippen LogP contribution in [0.3, 0.4) is 0 Å². The fourth-order valence-corrected chi connectivity index (χ4v) is 2.22. The van der Waals surface area contributed by atoms with Gasteiger partial charge in [0, 0.05) is 24.6 Å². The van der Waals surface area contributed by atoms with Crippen molar-refractivity contribution in [1.29, 1.82) is 0 Å². The fraction of sp³-hybridized carbons (Fsp3) is 0.400. The summed E-state index contributed by atoms with van der Waals surface area (Å²) in [5, 5.41) is 13.0. The van der Waals surface area contributed by atoms with E-state index in [9.17, 15) is 14.3 Å². The van der Waals surface area contributed by atoms with E-state index < -0.39 is 6.10 Å². The van der Waals surface area contributed by atoms with Crippen LogP contribution in [0.15, 0.2) is 18.2 Å². The van der Waals surface area contributed by atoms with Crippen LogP contribution in [0.4, 0.5) is 4.39 Å². The monoisotopic (exact) mass is 294 g/mol. The number of aromatic amines is 1. The summed E-state index contributed by atoms with van der Waals surface area (Å²) in [5.41, 5.74) is 1.74. The van der Waals surface area contributed by atoms with Crippen molar-refractivity contribution in [2.45, 2.75) is 19.4 Å². The van der Waals surface area contributed by atoms with Crippen LogP contribution in [0.2, 0.25) is 0 Å². The zero-order chi connectivity index (χ0) is 15.4. The van der Waals surface area contributed by atoms with Crippen molar-refractivity contribution in [3.05, 3.63) is 35.3 Å². The SMILES string of the molecule is COCC(O)CCNC(=O)c1cc2c(C)cc(F)cc2[nH]1. The Hall–Kier alpha value is -1.92. The Kier molecular flexibility index (Phi) is 4.93. The zero-order valence-corrected chi connectivity index (χ0v) is 12.1. The van der Waals surface area contributed by atoms with Crippen LogP contribution in [-0.2, 0) is 4.74 Å². The molecule has 2 aromatic rings. The molecule has 0 aliphatic carbocycles. The number of ether oxygens (including phenoxy) is 1. The Balaban J connectivity index is 2.01. The van der Waals surface area contributed by atoms with Crippen LogP contribution in [0, 0.1) is 12.7 Å². The van der Waals surface area contributed by atoms with Gasteiger partial charge in [-0.15, -0.1) is 0 Å². The molecule has 0 fully saturated rings. The zero-order valence-electron chi connectivity index (χ0n) is 12.1. The number of aryl methyl sites for hydroxylation is 1. The molecule has 21 heavy (non-hydrogen) atoms. The number of H-pyrrole nitrogens is 1. The molecule has 5 nitrogen and oxygen atoms in total. The Morgan fingerprint density at radius 2 is 2.24 bits per heavy atom. The van der Waals surface area contributed by atoms with Gasteiger partial charge in [0.25, 0.3) is 5.91 Å². The van der Waals surface area contributed by atoms with E-state index in [1.807, 2.05) is 0 Å². The molecule has 0 spiro atoms. The predicted molar refractivity (Wildman–Crippen MR) is 77.8 cm³/mol. The largest absolute Gasteiger partial charge is 0.391 e. The van der Waals surface area contributed by atoms with Gasteiger partial charge in [0.1, 0.15) is 11.5 Å². The smallest absolute Gasteiger partial charge is 0.267 e. The van der Waals surface area contributed by atoms with Gasteiger partial charge in [0.15, 0.2) is 0 Å². The molecule has 0 saturated carbocycles. The molecule has 1 unspecified atom stereocenters. The van der Waals surface area contributed by atoms with Gasteiger partial charge in [-0.3, -0.25) is 4.79 Å². The maximum Gasteiger partial charge on any atom is 0.267 e. The van der Waals surface area contributed by atoms with Crippen LogP contribution in [0.1, 0.15) is 22.5 Å². The summed E-state index contributed by atoms with van der Waals surface area (Å²) in [5.74, 6) is -0.618. The van der Waals surface area contributed by atoms with Gasteiger partial charge in [-0.1, -0.05) is 0 Å². The minimum absolute atomic E-state index is 0.237. The van der Waals surface area contributed by atoms with Gasteiger partial charge in [0.2, 0.25) is 0 Å². The lowest BCUT2D eigenvalue weighted by atomic mass is 10.1. The molecule has 0 radical (unpaired) electrons. The molecule has 114 valence electrons. The lowest BCUT2D eigenvalue weighted by Crippen LogP contribution is -2.28. The molecule has 1 amide bonds. The third kappa shape index (κ3) is 3.80. The van der Waals surface area contributed by atoms with Gasteiger partial charge in [-0.25, -0.2) is 4.39 Å². The highest BCUT2D eigenvalue weighted by Crippen LogP contribution is 2.21. The molecular weight excluding hydrogens is 275 g/mol. The molecule has 6 heteroatoms. The summed E-state index contributed by atoms with van der Waals surface area (Å²) in [6.45, 7) is 2.37. The molecule has 0 saturated heterocycles. The quantitative estimate of drug-likeness (QED) is 0.760. The van der Waals surface area contributed by atoms with Crippen molar-refractivity contribution in [2.24, 2.45) is 0 Å². The first-order chi connectivity index (χ1) is 10.0. The number of halogens is 1. The van der Waals surface area contributed by atoms with Crippen molar-refractivity contribution < 1.29 is 19.0 Å². The molecule has 1 aromatic heterocycles. The molecule has 2 rings (SSSR count). The highest BCUT2D eigenvalue weighted by molar-refractivity contribution is 5.98. The number of benzene rings is 1. The fourth-order valence-electron chi connectivity index (χ4n) is 2.22. The Morgan fingerprint density at radius 1 is 1.48 bits per heavy atom. The molecule has 1 heterocycles. The second-order valence-electron chi connectivity index (χ2n) is 5.02. The number of aliphatic hydroxyl groups is 1. The van der Waals surface area contributed by atoms with Crippen molar-refractivity contribution >= 4 is 16.8 Å². The number of carbonyl (C=O) groups excluding carboxylic acids is 1. The minimum atomic E-state index is -0.602. The van der Waals surface area contributed by atoms with E-state index in [2.05, 4.69) is 10.3 Å². The first-order valence-corrected chi connectivity index (χ1v) is 6.75. The molecule has 1 atom stereocenters. The van der Waals surface area contributed by atoms with Crippen molar-refractivity contribution in [1.82, 2.24) is 10.3 Å². The van der Waals surface area contributed by atoms with E-state index in [0.717, 1.165) is 10.9 Å². The average Bonchev–Trinajstić information content (AvgIpc) is 2.83.